The van der Waals surface area contributed by atoms with Crippen LogP contribution in [0, 0.1) is 0 Å². The highest BCUT2D eigenvalue weighted by Crippen LogP contribution is 2.59. The minimum absolute atomic E-state index is 0.527. The molecule has 0 atom stereocenters. The molecule has 1 aliphatic rings. The highest BCUT2D eigenvalue weighted by Gasteiger charge is 2.47. The van der Waals surface area contributed by atoms with Crippen LogP contribution in [-0.4, -0.2) is 4.57 Å². The molecule has 2 heterocycles. The Morgan fingerprint density at radius 1 is 0.316 bits per heavy atom. The number of benzene rings is 12. The molecule has 2 nitrogen and oxygen atoms in total. The van der Waals surface area contributed by atoms with E-state index >= 15 is 0 Å². The molecule has 0 amide bonds. The van der Waals surface area contributed by atoms with Crippen molar-refractivity contribution in [2.45, 2.75) is 5.41 Å². The van der Waals surface area contributed by atoms with E-state index in [1.54, 1.807) is 0 Å². The average Bonchev–Trinajstić information content (AvgIpc) is 4.32. The second-order valence-corrected chi connectivity index (χ2v) is 21.0. The summed E-state index contributed by atoms with van der Waals surface area (Å²) in [6.45, 7) is 0. The molecule has 1 aliphatic carbocycles. The number of aromatic nitrogens is 1. The Morgan fingerprint density at radius 2 is 0.789 bits per heavy atom. The van der Waals surface area contributed by atoms with E-state index in [4.69, 9.17) is 0 Å². The third-order valence-corrected chi connectivity index (χ3v) is 17.1. The first-order valence-electron chi connectivity index (χ1n) is 26.1. The van der Waals surface area contributed by atoms with Crippen LogP contribution in [0.25, 0.3) is 92.2 Å². The summed E-state index contributed by atoms with van der Waals surface area (Å²) < 4.78 is 5.05. The van der Waals surface area contributed by atoms with Crippen LogP contribution in [0.3, 0.4) is 0 Å². The quantitative estimate of drug-likeness (QED) is 0.140. The molecule has 3 heteroatoms. The van der Waals surface area contributed by atoms with Gasteiger partial charge in [0, 0.05) is 53.6 Å². The van der Waals surface area contributed by atoms with Crippen molar-refractivity contribution >= 4 is 70.4 Å². The highest BCUT2D eigenvalue weighted by atomic mass is 32.1. The summed E-state index contributed by atoms with van der Waals surface area (Å²) >= 11 is 1.86. The fourth-order valence-electron chi connectivity index (χ4n) is 12.5. The minimum Gasteiger partial charge on any atom is -0.310 e. The van der Waals surface area contributed by atoms with Gasteiger partial charge in [-0.15, -0.1) is 11.3 Å². The molecule has 0 saturated heterocycles. The molecular formula is C73H48N2S. The fraction of sp³-hybridized carbons (Fsp3) is 0.0137. The van der Waals surface area contributed by atoms with Crippen LogP contribution in [0.15, 0.2) is 291 Å². The van der Waals surface area contributed by atoms with Crippen molar-refractivity contribution in [3.05, 3.63) is 313 Å². The SMILES string of the molecule is c1ccc(C2(c3ccccc3)c3ccccc3-c3c(N(c4ccc(-c5ccc(-c6ccc7sc8ccccc8c7c6)cc5)cc4)c4ccc(-c5cccc(-n6c7ccccc7c7ccccc76)c5)cc4)cccc32)cc1. The molecular weight excluding hydrogens is 937 g/mol. The van der Waals surface area contributed by atoms with Gasteiger partial charge in [0.1, 0.15) is 0 Å². The molecule has 0 N–H and O–H groups in total. The van der Waals surface area contributed by atoms with Crippen molar-refractivity contribution in [3.63, 3.8) is 0 Å². The zero-order chi connectivity index (χ0) is 50.2. The Labute approximate surface area is 446 Å². The van der Waals surface area contributed by atoms with Crippen LogP contribution < -0.4 is 4.90 Å². The summed E-state index contributed by atoms with van der Waals surface area (Å²) in [5.74, 6) is 0. The van der Waals surface area contributed by atoms with Gasteiger partial charge in [0.2, 0.25) is 0 Å². The molecule has 0 saturated carbocycles. The van der Waals surface area contributed by atoms with Crippen LogP contribution in [0.4, 0.5) is 17.1 Å². The number of fused-ring (bicyclic) bond motifs is 9. The Morgan fingerprint density at radius 3 is 1.43 bits per heavy atom. The first-order chi connectivity index (χ1) is 37.7. The molecule has 356 valence electrons. The summed E-state index contributed by atoms with van der Waals surface area (Å²) in [4.78, 5) is 2.47. The Hall–Kier alpha value is -9.54. The van der Waals surface area contributed by atoms with Gasteiger partial charge in [-0.1, -0.05) is 218 Å². The van der Waals surface area contributed by atoms with Gasteiger partial charge >= 0.3 is 0 Å². The standard InChI is InChI=1S/C73H48N2S/c1-3-18-55(19-4-1)73(56-20-5-2-6-21-56)65-27-11-7-26-63(65)72-66(73)28-16-31-69(72)74(57-42-37-50(38-43-57)49-33-35-51(36-34-49)54-41-46-71-64(48-54)62-25-10-14-32-70(62)76-71)58-44-39-52(40-45-58)53-17-15-22-59(47-53)75-67-29-12-8-23-60(67)61-24-9-13-30-68(61)75/h1-48H. The van der Waals surface area contributed by atoms with E-state index in [1.165, 1.54) is 103 Å². The normalized spacial score (nSPS) is 12.6. The molecule has 76 heavy (non-hydrogen) atoms. The summed E-state index contributed by atoms with van der Waals surface area (Å²) in [6.07, 6.45) is 0. The lowest BCUT2D eigenvalue weighted by Gasteiger charge is -2.34. The lowest BCUT2D eigenvalue weighted by Crippen LogP contribution is -2.28. The Balaban J connectivity index is 0.852. The van der Waals surface area contributed by atoms with Gasteiger partial charge < -0.3 is 9.47 Å². The van der Waals surface area contributed by atoms with E-state index in [-0.39, 0.29) is 0 Å². The van der Waals surface area contributed by atoms with E-state index in [2.05, 4.69) is 301 Å². The zero-order valence-corrected chi connectivity index (χ0v) is 42.3. The molecule has 0 bridgehead atoms. The third kappa shape index (κ3) is 6.94. The van der Waals surface area contributed by atoms with E-state index in [0.717, 1.165) is 28.3 Å². The fourth-order valence-corrected chi connectivity index (χ4v) is 13.6. The lowest BCUT2D eigenvalue weighted by atomic mass is 9.68. The maximum atomic E-state index is 2.47. The van der Waals surface area contributed by atoms with Gasteiger partial charge in [-0.2, -0.15) is 0 Å². The van der Waals surface area contributed by atoms with E-state index in [9.17, 15) is 0 Å². The van der Waals surface area contributed by atoms with Crippen LogP contribution in [0.1, 0.15) is 22.3 Å². The third-order valence-electron chi connectivity index (χ3n) is 15.9. The Bertz CT molecular complexity index is 4400. The Kier molecular flexibility index (Phi) is 10.3. The first-order valence-corrected chi connectivity index (χ1v) is 27.0. The predicted octanol–water partition coefficient (Wildman–Crippen LogP) is 20.0. The van der Waals surface area contributed by atoms with Gasteiger partial charge in [-0.05, 0) is 134 Å². The van der Waals surface area contributed by atoms with E-state index < -0.39 is 5.41 Å². The number of nitrogens with zero attached hydrogens (tertiary/aromatic N) is 2. The van der Waals surface area contributed by atoms with Gasteiger partial charge in [-0.25, -0.2) is 0 Å². The smallest absolute Gasteiger partial charge is 0.0714 e. The second kappa shape index (κ2) is 17.8. The molecule has 0 spiro atoms. The van der Waals surface area contributed by atoms with Crippen molar-refractivity contribution in [2.24, 2.45) is 0 Å². The first kappa shape index (κ1) is 44.0. The highest BCUT2D eigenvalue weighted by molar-refractivity contribution is 7.25. The van der Waals surface area contributed by atoms with Gasteiger partial charge in [0.15, 0.2) is 0 Å². The summed E-state index contributed by atoms with van der Waals surface area (Å²) in [6, 6.07) is 108. The monoisotopic (exact) mass is 984 g/mol. The molecule has 0 aliphatic heterocycles. The van der Waals surface area contributed by atoms with Crippen LogP contribution in [0.5, 0.6) is 0 Å². The number of anilines is 3. The van der Waals surface area contributed by atoms with Crippen molar-refractivity contribution in [2.75, 3.05) is 4.90 Å². The number of hydrogen-bond donors (Lipinski definition) is 0. The minimum atomic E-state index is -0.527. The molecule has 15 rings (SSSR count). The molecule has 14 aromatic rings. The maximum absolute atomic E-state index is 2.47. The molecule has 0 fully saturated rings. The van der Waals surface area contributed by atoms with Crippen molar-refractivity contribution in [1.29, 1.82) is 0 Å². The van der Waals surface area contributed by atoms with E-state index in [1.807, 2.05) is 11.3 Å². The largest absolute Gasteiger partial charge is 0.310 e. The predicted molar refractivity (Wildman–Crippen MR) is 322 cm³/mol. The molecule has 0 unspecified atom stereocenters. The van der Waals surface area contributed by atoms with Crippen LogP contribution in [0.2, 0.25) is 0 Å². The lowest BCUT2D eigenvalue weighted by molar-refractivity contribution is 0.768. The number of thiophene rings is 1. The number of rotatable bonds is 9. The van der Waals surface area contributed by atoms with Gasteiger partial charge in [0.05, 0.1) is 22.1 Å². The van der Waals surface area contributed by atoms with Crippen molar-refractivity contribution in [3.8, 4) is 50.2 Å². The van der Waals surface area contributed by atoms with E-state index in [0.29, 0.717) is 0 Å². The van der Waals surface area contributed by atoms with Crippen molar-refractivity contribution < 1.29 is 0 Å². The molecule has 12 aromatic carbocycles. The maximum Gasteiger partial charge on any atom is 0.0714 e. The van der Waals surface area contributed by atoms with Gasteiger partial charge in [-0.3, -0.25) is 0 Å². The average molecular weight is 985 g/mol. The zero-order valence-electron chi connectivity index (χ0n) is 41.5. The summed E-state index contributed by atoms with van der Waals surface area (Å²) in [7, 11) is 0. The topological polar surface area (TPSA) is 8.17 Å². The summed E-state index contributed by atoms with van der Waals surface area (Å²) in [5, 5.41) is 5.16. The second-order valence-electron chi connectivity index (χ2n) is 20.0. The number of hydrogen-bond acceptors (Lipinski definition) is 2. The van der Waals surface area contributed by atoms with Gasteiger partial charge in [0.25, 0.3) is 0 Å². The van der Waals surface area contributed by atoms with Crippen molar-refractivity contribution in [1.82, 2.24) is 4.57 Å². The van der Waals surface area contributed by atoms with Crippen LogP contribution >= 0.6 is 11.3 Å². The number of para-hydroxylation sites is 2. The summed E-state index contributed by atoms with van der Waals surface area (Å²) in [5.41, 5.74) is 21.0. The van der Waals surface area contributed by atoms with Crippen LogP contribution in [-0.2, 0) is 5.41 Å². The molecule has 0 radical (unpaired) electrons. The molecule has 2 aromatic heterocycles.